The largest absolute Gasteiger partial charge is 0.462 e. The first-order chi connectivity index (χ1) is 35.0. The molecule has 0 aromatic heterocycles. The fourth-order valence-electron chi connectivity index (χ4n) is 9.35. The Kier molecular flexibility index (Phi) is 58.2. The molecule has 0 fully saturated rings. The van der Waals surface area contributed by atoms with Crippen LogP contribution in [-0.2, 0) is 28.6 Å². The molecule has 0 rings (SSSR count). The molecule has 6 heteroatoms. The molecule has 1 atom stereocenters. The van der Waals surface area contributed by atoms with Crippen LogP contribution in [0.5, 0.6) is 0 Å². The van der Waals surface area contributed by atoms with E-state index in [-0.39, 0.29) is 31.1 Å². The van der Waals surface area contributed by atoms with Crippen LogP contribution in [0.15, 0.2) is 36.5 Å². The molecule has 0 aliphatic heterocycles. The molecule has 0 bridgehead atoms. The van der Waals surface area contributed by atoms with E-state index in [0.29, 0.717) is 19.3 Å². The average Bonchev–Trinajstić information content (AvgIpc) is 3.37. The summed E-state index contributed by atoms with van der Waals surface area (Å²) in [5.74, 6) is -0.869. The van der Waals surface area contributed by atoms with Gasteiger partial charge in [0.25, 0.3) is 0 Å². The molecular formula is C65H120O6. The number of rotatable bonds is 58. The summed E-state index contributed by atoms with van der Waals surface area (Å²) in [7, 11) is 0. The summed E-state index contributed by atoms with van der Waals surface area (Å²) in [6.07, 6.45) is 73.0. The van der Waals surface area contributed by atoms with Gasteiger partial charge in [-0.1, -0.05) is 282 Å². The number of hydrogen-bond acceptors (Lipinski definition) is 6. The van der Waals surface area contributed by atoms with Gasteiger partial charge in [-0.2, -0.15) is 0 Å². The molecule has 0 spiro atoms. The Morgan fingerprint density at radius 3 is 0.817 bits per heavy atom. The molecule has 416 valence electrons. The minimum atomic E-state index is -0.776. The van der Waals surface area contributed by atoms with Gasteiger partial charge >= 0.3 is 17.9 Å². The second kappa shape index (κ2) is 60.2. The number of ether oxygens (including phenoxy) is 3. The standard InChI is InChI=1S/C65H120O6/c1-4-7-10-13-16-19-22-24-26-27-28-29-30-31-32-33-34-35-36-37-39-40-43-46-49-52-55-58-64(67)70-61-62(60-69-63(66)57-54-51-48-45-42-21-18-15-12-9-6-3)71-65(68)59-56-53-50-47-44-41-38-25-23-20-17-14-11-8-5-2/h17,20,25,27-28,38,62H,4-16,18-19,21-24,26,29-37,39-61H2,1-3H3/b20-17-,28-27-,38-25-. The van der Waals surface area contributed by atoms with Crippen molar-refractivity contribution in [1.29, 1.82) is 0 Å². The second-order valence-corrected chi connectivity index (χ2v) is 21.3. The first kappa shape index (κ1) is 68.6. The topological polar surface area (TPSA) is 78.9 Å². The molecule has 0 radical (unpaired) electrons. The first-order valence-corrected chi connectivity index (χ1v) is 31.5. The maximum atomic E-state index is 12.8. The van der Waals surface area contributed by atoms with Crippen LogP contribution in [-0.4, -0.2) is 37.2 Å². The highest BCUT2D eigenvalue weighted by Crippen LogP contribution is 2.17. The van der Waals surface area contributed by atoms with Gasteiger partial charge in [-0.3, -0.25) is 14.4 Å². The number of carbonyl (C=O) groups is 3. The summed E-state index contributed by atoms with van der Waals surface area (Å²) < 4.78 is 16.9. The van der Waals surface area contributed by atoms with E-state index < -0.39 is 6.10 Å². The van der Waals surface area contributed by atoms with Crippen molar-refractivity contribution in [3.63, 3.8) is 0 Å². The molecule has 1 unspecified atom stereocenters. The van der Waals surface area contributed by atoms with E-state index in [0.717, 1.165) is 83.5 Å². The molecule has 0 aliphatic carbocycles. The predicted molar refractivity (Wildman–Crippen MR) is 307 cm³/mol. The SMILES string of the molecule is CCCCC/C=C\C/C=C\CCCCCCCC(=O)OC(COC(=O)CCCCCCCCCCCCC)COC(=O)CCCCCCCCCCCCCCCCC/C=C\CCCCCCCCCC. The van der Waals surface area contributed by atoms with E-state index in [1.807, 2.05) is 0 Å². The number of hydrogen-bond donors (Lipinski definition) is 0. The van der Waals surface area contributed by atoms with Crippen molar-refractivity contribution in [3.8, 4) is 0 Å². The van der Waals surface area contributed by atoms with E-state index in [4.69, 9.17) is 14.2 Å². The summed E-state index contributed by atoms with van der Waals surface area (Å²) >= 11 is 0. The van der Waals surface area contributed by atoms with Crippen LogP contribution in [0.2, 0.25) is 0 Å². The van der Waals surface area contributed by atoms with Gasteiger partial charge in [0.2, 0.25) is 0 Å². The minimum Gasteiger partial charge on any atom is -0.462 e. The number of esters is 3. The fourth-order valence-corrected chi connectivity index (χ4v) is 9.35. The summed E-state index contributed by atoms with van der Waals surface area (Å²) in [5, 5.41) is 0. The van der Waals surface area contributed by atoms with Gasteiger partial charge in [0, 0.05) is 19.3 Å². The van der Waals surface area contributed by atoms with Crippen LogP contribution in [0.25, 0.3) is 0 Å². The van der Waals surface area contributed by atoms with Crippen LogP contribution in [0.4, 0.5) is 0 Å². The number of carbonyl (C=O) groups excluding carboxylic acids is 3. The molecule has 0 N–H and O–H groups in total. The highest BCUT2D eigenvalue weighted by molar-refractivity contribution is 5.71. The normalized spacial score (nSPS) is 12.2. The van der Waals surface area contributed by atoms with Crippen molar-refractivity contribution in [2.75, 3.05) is 13.2 Å². The van der Waals surface area contributed by atoms with Crippen molar-refractivity contribution in [1.82, 2.24) is 0 Å². The van der Waals surface area contributed by atoms with Crippen LogP contribution in [0.3, 0.4) is 0 Å². The quantitative estimate of drug-likeness (QED) is 0.0261. The smallest absolute Gasteiger partial charge is 0.306 e. The molecule has 0 heterocycles. The van der Waals surface area contributed by atoms with Crippen molar-refractivity contribution in [2.24, 2.45) is 0 Å². The molecule has 0 aromatic carbocycles. The average molecular weight is 998 g/mol. The van der Waals surface area contributed by atoms with Crippen LogP contribution in [0, 0.1) is 0 Å². The van der Waals surface area contributed by atoms with Gasteiger partial charge in [-0.25, -0.2) is 0 Å². The summed E-state index contributed by atoms with van der Waals surface area (Å²) in [6, 6.07) is 0. The minimum absolute atomic E-state index is 0.0736. The Bertz CT molecular complexity index is 1190. The van der Waals surface area contributed by atoms with Gasteiger partial charge in [-0.05, 0) is 77.0 Å². The highest BCUT2D eigenvalue weighted by atomic mass is 16.6. The Balaban J connectivity index is 4.17. The molecule has 0 aliphatic rings. The van der Waals surface area contributed by atoms with Gasteiger partial charge in [0.1, 0.15) is 13.2 Å². The van der Waals surface area contributed by atoms with Gasteiger partial charge < -0.3 is 14.2 Å². The molecule has 0 saturated heterocycles. The highest BCUT2D eigenvalue weighted by Gasteiger charge is 2.19. The van der Waals surface area contributed by atoms with E-state index >= 15 is 0 Å². The van der Waals surface area contributed by atoms with E-state index in [9.17, 15) is 14.4 Å². The molecule has 0 amide bonds. The van der Waals surface area contributed by atoms with Crippen LogP contribution >= 0.6 is 0 Å². The molecular weight excluding hydrogens is 877 g/mol. The van der Waals surface area contributed by atoms with Gasteiger partial charge in [0.15, 0.2) is 6.10 Å². The lowest BCUT2D eigenvalue weighted by atomic mass is 10.0. The number of allylic oxidation sites excluding steroid dienone is 6. The fraction of sp³-hybridized carbons (Fsp3) is 0.862. The lowest BCUT2D eigenvalue weighted by molar-refractivity contribution is -0.167. The monoisotopic (exact) mass is 997 g/mol. The summed E-state index contributed by atoms with van der Waals surface area (Å²) in [6.45, 7) is 6.64. The summed E-state index contributed by atoms with van der Waals surface area (Å²) in [4.78, 5) is 38.2. The van der Waals surface area contributed by atoms with Crippen molar-refractivity contribution in [3.05, 3.63) is 36.5 Å². The maximum Gasteiger partial charge on any atom is 0.306 e. The Labute approximate surface area is 442 Å². The maximum absolute atomic E-state index is 12.8. The molecule has 0 saturated carbocycles. The van der Waals surface area contributed by atoms with Crippen LogP contribution < -0.4 is 0 Å². The van der Waals surface area contributed by atoms with E-state index in [1.165, 1.54) is 218 Å². The second-order valence-electron chi connectivity index (χ2n) is 21.3. The van der Waals surface area contributed by atoms with Gasteiger partial charge in [0.05, 0.1) is 0 Å². The van der Waals surface area contributed by atoms with Crippen molar-refractivity contribution in [2.45, 2.75) is 348 Å². The zero-order chi connectivity index (χ0) is 51.4. The summed E-state index contributed by atoms with van der Waals surface area (Å²) in [5.41, 5.74) is 0. The third-order valence-electron chi connectivity index (χ3n) is 14.1. The Morgan fingerprint density at radius 2 is 0.507 bits per heavy atom. The Hall–Kier alpha value is -2.37. The first-order valence-electron chi connectivity index (χ1n) is 31.5. The zero-order valence-corrected chi connectivity index (χ0v) is 47.8. The predicted octanol–water partition coefficient (Wildman–Crippen LogP) is 21.2. The van der Waals surface area contributed by atoms with E-state index in [1.54, 1.807) is 0 Å². The Morgan fingerprint density at radius 1 is 0.282 bits per heavy atom. The van der Waals surface area contributed by atoms with Crippen molar-refractivity contribution >= 4 is 17.9 Å². The lowest BCUT2D eigenvalue weighted by Crippen LogP contribution is -2.30. The third kappa shape index (κ3) is 58.4. The third-order valence-corrected chi connectivity index (χ3v) is 14.1. The number of unbranched alkanes of at least 4 members (excludes halogenated alkanes) is 41. The van der Waals surface area contributed by atoms with Gasteiger partial charge in [-0.15, -0.1) is 0 Å². The molecule has 71 heavy (non-hydrogen) atoms. The molecule has 6 nitrogen and oxygen atoms in total. The van der Waals surface area contributed by atoms with Crippen LogP contribution in [0.1, 0.15) is 342 Å². The van der Waals surface area contributed by atoms with E-state index in [2.05, 4.69) is 57.2 Å². The lowest BCUT2D eigenvalue weighted by Gasteiger charge is -2.18. The molecule has 0 aromatic rings. The van der Waals surface area contributed by atoms with Crippen molar-refractivity contribution < 1.29 is 28.6 Å². The zero-order valence-electron chi connectivity index (χ0n) is 47.8.